The number of aliphatic carboxylic acids is 1. The topological polar surface area (TPSA) is 78.9 Å². The fourth-order valence-corrected chi connectivity index (χ4v) is 1.46. The molecule has 0 aliphatic rings. The Morgan fingerprint density at radius 1 is 1.39 bits per heavy atom. The molecule has 0 aliphatic heterocycles. The van der Waals surface area contributed by atoms with Crippen LogP contribution in [0.5, 0.6) is 0 Å². The van der Waals surface area contributed by atoms with Gasteiger partial charge in [-0.05, 0) is 27.2 Å². The fourth-order valence-electron chi connectivity index (χ4n) is 1.46. The minimum absolute atomic E-state index is 0.110. The standard InChI is InChI=1S/C12H24N2O4/c1-6-9(8-18-5)13-11(17)14(7-10(15)16)12(2,3)4/h9H,6-8H2,1-5H3,(H,13,17)(H,15,16). The summed E-state index contributed by atoms with van der Waals surface area (Å²) in [4.78, 5) is 24.2. The van der Waals surface area contributed by atoms with E-state index in [2.05, 4.69) is 5.32 Å². The van der Waals surface area contributed by atoms with E-state index < -0.39 is 11.5 Å². The molecule has 0 radical (unpaired) electrons. The SMILES string of the molecule is CCC(COC)NC(=O)N(CC(=O)O)C(C)(C)C. The third-order valence-electron chi connectivity index (χ3n) is 2.54. The molecule has 0 aromatic heterocycles. The van der Waals surface area contributed by atoms with Crippen LogP contribution in [0.4, 0.5) is 4.79 Å². The zero-order valence-corrected chi connectivity index (χ0v) is 11.8. The highest BCUT2D eigenvalue weighted by molar-refractivity contribution is 5.81. The highest BCUT2D eigenvalue weighted by Crippen LogP contribution is 2.13. The number of carbonyl (C=O) groups is 2. The molecule has 2 N–H and O–H groups in total. The Morgan fingerprint density at radius 3 is 2.28 bits per heavy atom. The lowest BCUT2D eigenvalue weighted by Gasteiger charge is -2.35. The Labute approximate surface area is 108 Å². The Morgan fingerprint density at radius 2 is 1.94 bits per heavy atom. The van der Waals surface area contributed by atoms with Crippen LogP contribution in [0.1, 0.15) is 34.1 Å². The van der Waals surface area contributed by atoms with Crippen molar-refractivity contribution in [2.75, 3.05) is 20.3 Å². The largest absolute Gasteiger partial charge is 0.480 e. The Balaban J connectivity index is 4.70. The van der Waals surface area contributed by atoms with Crippen molar-refractivity contribution in [1.29, 1.82) is 0 Å². The summed E-state index contributed by atoms with van der Waals surface area (Å²) >= 11 is 0. The van der Waals surface area contributed by atoms with Crippen LogP contribution in [0, 0.1) is 0 Å². The van der Waals surface area contributed by atoms with Gasteiger partial charge in [0.1, 0.15) is 6.54 Å². The molecule has 0 aromatic carbocycles. The van der Waals surface area contributed by atoms with Gasteiger partial charge in [-0.3, -0.25) is 4.79 Å². The number of nitrogens with one attached hydrogen (secondary N) is 1. The summed E-state index contributed by atoms with van der Waals surface area (Å²) in [6.45, 7) is 7.42. The molecule has 6 nitrogen and oxygen atoms in total. The van der Waals surface area contributed by atoms with Crippen LogP contribution in [0.2, 0.25) is 0 Å². The minimum atomic E-state index is -1.03. The maximum absolute atomic E-state index is 12.1. The monoisotopic (exact) mass is 260 g/mol. The second-order valence-electron chi connectivity index (χ2n) is 5.16. The molecule has 1 atom stereocenters. The van der Waals surface area contributed by atoms with Crippen molar-refractivity contribution in [3.05, 3.63) is 0 Å². The van der Waals surface area contributed by atoms with Crippen molar-refractivity contribution in [1.82, 2.24) is 10.2 Å². The van der Waals surface area contributed by atoms with Gasteiger partial charge >= 0.3 is 12.0 Å². The van der Waals surface area contributed by atoms with Crippen molar-refractivity contribution in [2.45, 2.75) is 45.7 Å². The summed E-state index contributed by atoms with van der Waals surface area (Å²) in [6.07, 6.45) is 0.727. The summed E-state index contributed by atoms with van der Waals surface area (Å²) < 4.78 is 4.99. The minimum Gasteiger partial charge on any atom is -0.480 e. The number of nitrogens with zero attached hydrogens (tertiary/aromatic N) is 1. The van der Waals surface area contributed by atoms with Crippen LogP contribution in [-0.4, -0.2) is 53.8 Å². The van der Waals surface area contributed by atoms with Gasteiger partial charge < -0.3 is 20.1 Å². The summed E-state index contributed by atoms with van der Waals surface area (Å²) in [5, 5.41) is 11.6. The summed E-state index contributed by atoms with van der Waals surface area (Å²) in [7, 11) is 1.56. The molecule has 0 spiro atoms. The fraction of sp³-hybridized carbons (Fsp3) is 0.833. The number of ether oxygens (including phenoxy) is 1. The first-order valence-corrected chi connectivity index (χ1v) is 6.01. The highest BCUT2D eigenvalue weighted by atomic mass is 16.5. The Kier molecular flexibility index (Phi) is 6.68. The van der Waals surface area contributed by atoms with Gasteiger partial charge in [-0.15, -0.1) is 0 Å². The molecule has 2 amide bonds. The maximum atomic E-state index is 12.1. The quantitative estimate of drug-likeness (QED) is 0.754. The van der Waals surface area contributed by atoms with Gasteiger partial charge in [0.15, 0.2) is 0 Å². The molecule has 1 unspecified atom stereocenters. The number of rotatable bonds is 6. The van der Waals surface area contributed by atoms with Gasteiger partial charge in [0.25, 0.3) is 0 Å². The van der Waals surface area contributed by atoms with Crippen molar-refractivity contribution < 1.29 is 19.4 Å². The van der Waals surface area contributed by atoms with Crippen LogP contribution in [0.25, 0.3) is 0 Å². The number of carboxylic acids is 1. The lowest BCUT2D eigenvalue weighted by Crippen LogP contribution is -2.55. The number of hydrogen-bond acceptors (Lipinski definition) is 3. The predicted octanol–water partition coefficient (Wildman–Crippen LogP) is 1.31. The highest BCUT2D eigenvalue weighted by Gasteiger charge is 2.29. The molecule has 0 saturated carbocycles. The summed E-state index contributed by atoms with van der Waals surface area (Å²) in [5.74, 6) is -1.03. The Hall–Kier alpha value is -1.30. The molecule has 0 fully saturated rings. The molecule has 0 bridgehead atoms. The third-order valence-corrected chi connectivity index (χ3v) is 2.54. The van der Waals surface area contributed by atoms with E-state index in [4.69, 9.17) is 9.84 Å². The van der Waals surface area contributed by atoms with Crippen LogP contribution >= 0.6 is 0 Å². The number of urea groups is 1. The van der Waals surface area contributed by atoms with E-state index in [1.54, 1.807) is 27.9 Å². The van der Waals surface area contributed by atoms with Crippen LogP contribution in [0.15, 0.2) is 0 Å². The second kappa shape index (κ2) is 7.20. The van der Waals surface area contributed by atoms with Crippen molar-refractivity contribution >= 4 is 12.0 Å². The van der Waals surface area contributed by atoms with Crippen molar-refractivity contribution in [3.63, 3.8) is 0 Å². The summed E-state index contributed by atoms with van der Waals surface area (Å²) in [5.41, 5.74) is -0.548. The van der Waals surface area contributed by atoms with E-state index in [-0.39, 0.29) is 18.6 Å². The lowest BCUT2D eigenvalue weighted by molar-refractivity contribution is -0.138. The number of amides is 2. The molecule has 18 heavy (non-hydrogen) atoms. The average molecular weight is 260 g/mol. The molecular weight excluding hydrogens is 236 g/mol. The zero-order chi connectivity index (χ0) is 14.3. The summed E-state index contributed by atoms with van der Waals surface area (Å²) in [6, 6.07) is -0.491. The van der Waals surface area contributed by atoms with E-state index in [1.807, 2.05) is 6.92 Å². The maximum Gasteiger partial charge on any atom is 0.323 e. The first-order valence-electron chi connectivity index (χ1n) is 6.01. The van der Waals surface area contributed by atoms with E-state index in [0.717, 1.165) is 6.42 Å². The molecule has 0 heterocycles. The Bertz CT molecular complexity index is 286. The molecular formula is C12H24N2O4. The van der Waals surface area contributed by atoms with Crippen LogP contribution in [0.3, 0.4) is 0 Å². The van der Waals surface area contributed by atoms with Crippen molar-refractivity contribution in [2.24, 2.45) is 0 Å². The molecule has 0 aliphatic carbocycles. The predicted molar refractivity (Wildman–Crippen MR) is 68.6 cm³/mol. The van der Waals surface area contributed by atoms with Crippen LogP contribution in [-0.2, 0) is 9.53 Å². The van der Waals surface area contributed by atoms with Crippen molar-refractivity contribution in [3.8, 4) is 0 Å². The van der Waals surface area contributed by atoms with Gasteiger partial charge in [-0.25, -0.2) is 4.79 Å². The molecule has 0 rings (SSSR count). The molecule has 0 saturated heterocycles. The zero-order valence-electron chi connectivity index (χ0n) is 11.8. The van der Waals surface area contributed by atoms with Crippen LogP contribution < -0.4 is 5.32 Å². The normalized spacial score (nSPS) is 12.9. The number of carboxylic acid groups (broad SMARTS) is 1. The van der Waals surface area contributed by atoms with Gasteiger partial charge in [0.2, 0.25) is 0 Å². The number of carbonyl (C=O) groups excluding carboxylic acids is 1. The van der Waals surface area contributed by atoms with Gasteiger partial charge in [0, 0.05) is 12.6 Å². The van der Waals surface area contributed by atoms with E-state index in [9.17, 15) is 9.59 Å². The number of hydrogen-bond donors (Lipinski definition) is 2. The number of methoxy groups -OCH3 is 1. The van der Waals surface area contributed by atoms with Gasteiger partial charge in [-0.2, -0.15) is 0 Å². The van der Waals surface area contributed by atoms with Gasteiger partial charge in [0.05, 0.1) is 12.6 Å². The third kappa shape index (κ3) is 5.86. The van der Waals surface area contributed by atoms with E-state index >= 15 is 0 Å². The molecule has 0 aromatic rings. The van der Waals surface area contributed by atoms with Gasteiger partial charge in [-0.1, -0.05) is 6.92 Å². The van der Waals surface area contributed by atoms with E-state index in [0.29, 0.717) is 6.61 Å². The lowest BCUT2D eigenvalue weighted by atomic mass is 10.1. The first kappa shape index (κ1) is 16.7. The molecule has 106 valence electrons. The smallest absolute Gasteiger partial charge is 0.323 e. The molecule has 6 heteroatoms. The van der Waals surface area contributed by atoms with E-state index in [1.165, 1.54) is 4.90 Å². The first-order chi connectivity index (χ1) is 8.22. The second-order valence-corrected chi connectivity index (χ2v) is 5.16. The average Bonchev–Trinajstić information content (AvgIpc) is 2.23.